The molecule has 0 unspecified atom stereocenters. The van der Waals surface area contributed by atoms with Gasteiger partial charge in [-0.25, -0.2) is 18.7 Å². The molecule has 0 saturated carbocycles. The molecular weight excluding hydrogens is 376 g/mol. The Morgan fingerprint density at radius 3 is 2.85 bits per heavy atom. The highest BCUT2D eigenvalue weighted by Gasteiger charge is 2.18. The van der Waals surface area contributed by atoms with Crippen molar-refractivity contribution in [2.45, 2.75) is 13.5 Å². The summed E-state index contributed by atoms with van der Waals surface area (Å²) in [6, 6.07) is 3.27. The lowest BCUT2D eigenvalue weighted by Crippen LogP contribution is -2.06. The Labute approximate surface area is 158 Å². The summed E-state index contributed by atoms with van der Waals surface area (Å²) in [4.78, 5) is 7.79. The molecule has 0 N–H and O–H groups in total. The number of hydrogen-bond acceptors (Lipinski definition) is 5. The summed E-state index contributed by atoms with van der Waals surface area (Å²) in [6.45, 7) is 5.25. The number of hydrogen-bond donors (Lipinski definition) is 0. The second-order valence-electron chi connectivity index (χ2n) is 5.41. The zero-order valence-electron chi connectivity index (χ0n) is 14.2. The van der Waals surface area contributed by atoms with Gasteiger partial charge < -0.3 is 4.52 Å². The minimum absolute atomic E-state index is 0.0802. The van der Waals surface area contributed by atoms with E-state index in [-0.39, 0.29) is 17.5 Å². The molecular formula is C18H14ClF2N5O. The van der Waals surface area contributed by atoms with Crippen LogP contribution in [0.5, 0.6) is 0 Å². The fraction of sp³-hybridized carbons (Fsp3) is 0.111. The van der Waals surface area contributed by atoms with Crippen molar-refractivity contribution < 1.29 is 13.3 Å². The van der Waals surface area contributed by atoms with Gasteiger partial charge in [0.15, 0.2) is 16.8 Å². The van der Waals surface area contributed by atoms with Gasteiger partial charge in [0.2, 0.25) is 0 Å². The van der Waals surface area contributed by atoms with Crippen molar-refractivity contribution in [3.8, 4) is 22.9 Å². The topological polar surface area (TPSA) is 69.6 Å². The van der Waals surface area contributed by atoms with Crippen molar-refractivity contribution in [2.24, 2.45) is 0 Å². The van der Waals surface area contributed by atoms with E-state index in [1.165, 1.54) is 10.9 Å². The summed E-state index contributed by atoms with van der Waals surface area (Å²) in [5, 5.41) is 7.97. The Morgan fingerprint density at radius 1 is 1.41 bits per heavy atom. The molecule has 0 saturated heterocycles. The van der Waals surface area contributed by atoms with E-state index in [0.29, 0.717) is 22.7 Å². The summed E-state index contributed by atoms with van der Waals surface area (Å²) in [5.41, 5.74) is 1.67. The van der Waals surface area contributed by atoms with Gasteiger partial charge in [-0.05, 0) is 13.0 Å². The molecule has 0 bridgehead atoms. The molecule has 0 spiro atoms. The zero-order valence-corrected chi connectivity index (χ0v) is 15.0. The monoisotopic (exact) mass is 389 g/mol. The summed E-state index contributed by atoms with van der Waals surface area (Å²) in [6.07, 6.45) is 7.43. The minimum Gasteiger partial charge on any atom is -0.364 e. The van der Waals surface area contributed by atoms with Crippen LogP contribution in [-0.4, -0.2) is 24.9 Å². The zero-order chi connectivity index (χ0) is 19.4. The SMILES string of the molecule is C=C(F)/C(=C\C=C/C)Cn1nc(-c2ncc(F)c(Cl)n2)cc1-c1ccon1. The van der Waals surface area contributed by atoms with Gasteiger partial charge in [-0.15, -0.1) is 0 Å². The molecule has 0 radical (unpaired) electrons. The number of rotatable bonds is 6. The van der Waals surface area contributed by atoms with E-state index in [4.69, 9.17) is 16.1 Å². The van der Waals surface area contributed by atoms with Gasteiger partial charge in [0.1, 0.15) is 23.5 Å². The van der Waals surface area contributed by atoms with Crippen LogP contribution in [0.3, 0.4) is 0 Å². The van der Waals surface area contributed by atoms with Crippen LogP contribution >= 0.6 is 11.6 Å². The van der Waals surface area contributed by atoms with Gasteiger partial charge in [-0.1, -0.05) is 41.6 Å². The lowest BCUT2D eigenvalue weighted by Gasteiger charge is -2.07. The number of aromatic nitrogens is 5. The largest absolute Gasteiger partial charge is 0.364 e. The van der Waals surface area contributed by atoms with Gasteiger partial charge in [-0.3, -0.25) is 4.68 Å². The molecule has 3 aromatic rings. The predicted molar refractivity (Wildman–Crippen MR) is 96.9 cm³/mol. The van der Waals surface area contributed by atoms with E-state index < -0.39 is 11.6 Å². The second-order valence-corrected chi connectivity index (χ2v) is 5.77. The molecule has 0 amide bonds. The van der Waals surface area contributed by atoms with Crippen molar-refractivity contribution in [1.82, 2.24) is 24.9 Å². The average Bonchev–Trinajstić information content (AvgIpc) is 3.30. The molecule has 0 aliphatic heterocycles. The maximum atomic E-state index is 13.8. The third-order valence-corrected chi connectivity index (χ3v) is 3.83. The van der Waals surface area contributed by atoms with Crippen LogP contribution < -0.4 is 0 Å². The Hall–Kier alpha value is -3.13. The van der Waals surface area contributed by atoms with Crippen molar-refractivity contribution >= 4 is 11.6 Å². The van der Waals surface area contributed by atoms with Crippen LogP contribution in [0.15, 0.2) is 65.3 Å². The lowest BCUT2D eigenvalue weighted by atomic mass is 10.2. The van der Waals surface area contributed by atoms with E-state index in [0.717, 1.165) is 6.20 Å². The fourth-order valence-corrected chi connectivity index (χ4v) is 2.40. The number of nitrogens with zero attached hydrogens (tertiary/aromatic N) is 5. The van der Waals surface area contributed by atoms with Crippen LogP contribution in [0, 0.1) is 5.82 Å². The third kappa shape index (κ3) is 4.17. The van der Waals surface area contributed by atoms with Crippen molar-refractivity contribution in [3.05, 3.63) is 71.8 Å². The van der Waals surface area contributed by atoms with E-state index in [1.54, 1.807) is 30.4 Å². The van der Waals surface area contributed by atoms with Gasteiger partial charge in [0, 0.05) is 11.6 Å². The first-order chi connectivity index (χ1) is 13.0. The van der Waals surface area contributed by atoms with Crippen LogP contribution in [-0.2, 0) is 6.54 Å². The quantitative estimate of drug-likeness (QED) is 0.448. The third-order valence-electron chi connectivity index (χ3n) is 3.57. The average molecular weight is 390 g/mol. The molecule has 0 fully saturated rings. The van der Waals surface area contributed by atoms with E-state index in [1.807, 2.05) is 6.92 Å². The van der Waals surface area contributed by atoms with E-state index >= 15 is 0 Å². The maximum Gasteiger partial charge on any atom is 0.181 e. The highest BCUT2D eigenvalue weighted by atomic mass is 35.5. The molecule has 9 heteroatoms. The molecule has 138 valence electrons. The fourth-order valence-electron chi connectivity index (χ4n) is 2.27. The first kappa shape index (κ1) is 18.7. The van der Waals surface area contributed by atoms with Crippen molar-refractivity contribution in [2.75, 3.05) is 0 Å². The highest BCUT2D eigenvalue weighted by molar-refractivity contribution is 6.29. The first-order valence-electron chi connectivity index (χ1n) is 7.83. The molecule has 3 heterocycles. The summed E-state index contributed by atoms with van der Waals surface area (Å²) < 4.78 is 33.5. The molecule has 0 aromatic carbocycles. The Bertz CT molecular complexity index is 1020. The highest BCUT2D eigenvalue weighted by Crippen LogP contribution is 2.26. The van der Waals surface area contributed by atoms with Crippen LogP contribution in [0.25, 0.3) is 22.9 Å². The van der Waals surface area contributed by atoms with Gasteiger partial charge >= 0.3 is 0 Å². The molecule has 27 heavy (non-hydrogen) atoms. The van der Waals surface area contributed by atoms with E-state index in [2.05, 4.69) is 26.8 Å². The summed E-state index contributed by atoms with van der Waals surface area (Å²) in [5.74, 6) is -1.19. The lowest BCUT2D eigenvalue weighted by molar-refractivity contribution is 0.421. The smallest absolute Gasteiger partial charge is 0.181 e. The van der Waals surface area contributed by atoms with Crippen molar-refractivity contribution in [3.63, 3.8) is 0 Å². The minimum atomic E-state index is -0.734. The van der Waals surface area contributed by atoms with Gasteiger partial charge in [0.25, 0.3) is 0 Å². The Balaban J connectivity index is 2.07. The molecule has 0 aliphatic rings. The number of halogens is 3. The van der Waals surface area contributed by atoms with E-state index in [9.17, 15) is 8.78 Å². The normalized spacial score (nSPS) is 12.1. The standard InChI is InChI=1S/C18H14ClF2N5O/c1-3-4-5-12(11(2)20)10-26-16(14-6-7-27-25-14)8-15(24-26)18-22-9-13(21)17(19)23-18/h3-9H,2,10H2,1H3/b4-3-,12-5-. The van der Waals surface area contributed by atoms with Crippen LogP contribution in [0.2, 0.25) is 5.15 Å². The molecule has 3 rings (SSSR count). The van der Waals surface area contributed by atoms with Gasteiger partial charge in [0.05, 0.1) is 18.4 Å². The molecule has 0 atom stereocenters. The Morgan fingerprint density at radius 2 is 2.22 bits per heavy atom. The predicted octanol–water partition coefficient (Wildman–Crippen LogP) is 4.77. The molecule has 0 aliphatic carbocycles. The second kappa shape index (κ2) is 8.05. The first-order valence-corrected chi connectivity index (χ1v) is 8.21. The molecule has 6 nitrogen and oxygen atoms in total. The van der Waals surface area contributed by atoms with Crippen LogP contribution in [0.4, 0.5) is 8.78 Å². The van der Waals surface area contributed by atoms with Crippen molar-refractivity contribution in [1.29, 1.82) is 0 Å². The number of allylic oxidation sites excluding steroid dienone is 5. The van der Waals surface area contributed by atoms with Crippen LogP contribution in [0.1, 0.15) is 6.92 Å². The van der Waals surface area contributed by atoms with Gasteiger partial charge in [-0.2, -0.15) is 5.10 Å². The maximum absolute atomic E-state index is 13.8. The summed E-state index contributed by atoms with van der Waals surface area (Å²) in [7, 11) is 0. The summed E-state index contributed by atoms with van der Waals surface area (Å²) >= 11 is 5.73. The molecule has 3 aromatic heterocycles. The Kier molecular flexibility index (Phi) is 5.56.